The van der Waals surface area contributed by atoms with Crippen LogP contribution in [0.3, 0.4) is 0 Å². The van der Waals surface area contributed by atoms with Gasteiger partial charge in [-0.1, -0.05) is 11.6 Å². The fourth-order valence-corrected chi connectivity index (χ4v) is 6.21. The molecule has 0 aliphatic carbocycles. The second kappa shape index (κ2) is 7.70. The maximum atomic E-state index is 12.6. The lowest BCUT2D eigenvalue weighted by Gasteiger charge is -2.32. The highest BCUT2D eigenvalue weighted by Gasteiger charge is 2.31. The summed E-state index contributed by atoms with van der Waals surface area (Å²) in [5.74, 6) is 0.406. The van der Waals surface area contributed by atoms with Crippen LogP contribution in [0.15, 0.2) is 16.3 Å². The minimum absolute atomic E-state index is 0.157. The molecule has 1 aromatic heterocycles. The van der Waals surface area contributed by atoms with E-state index in [2.05, 4.69) is 0 Å². The Balaban J connectivity index is 1.53. The Hall–Kier alpha value is -0.670. The molecule has 0 atom stereocenters. The Morgan fingerprint density at radius 2 is 1.88 bits per heavy atom. The number of carbonyl (C=O) groups is 1. The molecule has 2 saturated heterocycles. The van der Waals surface area contributed by atoms with Crippen molar-refractivity contribution < 1.29 is 17.9 Å². The van der Waals surface area contributed by atoms with Crippen molar-refractivity contribution in [1.29, 1.82) is 0 Å². The average Bonchev–Trinajstić information content (AvgIpc) is 3.03. The third-order valence-electron chi connectivity index (χ3n) is 4.54. The summed E-state index contributed by atoms with van der Waals surface area (Å²) < 4.78 is 32.7. The number of amides is 1. The molecule has 6 nitrogen and oxygen atoms in total. The third kappa shape index (κ3) is 4.11. The molecule has 1 amide bonds. The number of piperidine rings is 1. The number of hydrogen-bond acceptors (Lipinski definition) is 5. The van der Waals surface area contributed by atoms with Crippen LogP contribution in [0.4, 0.5) is 0 Å². The second-order valence-electron chi connectivity index (χ2n) is 6.10. The van der Waals surface area contributed by atoms with Gasteiger partial charge in [0.05, 0.1) is 17.6 Å². The van der Waals surface area contributed by atoms with Gasteiger partial charge < -0.3 is 9.64 Å². The van der Waals surface area contributed by atoms with Crippen molar-refractivity contribution in [3.63, 3.8) is 0 Å². The maximum Gasteiger partial charge on any atom is 0.252 e. The Labute approximate surface area is 151 Å². The zero-order chi connectivity index (χ0) is 17.2. The zero-order valence-corrected chi connectivity index (χ0v) is 15.7. The monoisotopic (exact) mass is 392 g/mol. The van der Waals surface area contributed by atoms with Crippen molar-refractivity contribution in [2.45, 2.75) is 23.5 Å². The smallest absolute Gasteiger partial charge is 0.252 e. The number of rotatable bonds is 4. The Morgan fingerprint density at radius 1 is 1.21 bits per heavy atom. The molecule has 3 heterocycles. The average molecular weight is 393 g/mol. The molecular weight excluding hydrogens is 372 g/mol. The van der Waals surface area contributed by atoms with E-state index < -0.39 is 10.0 Å². The number of nitrogens with zero attached hydrogens (tertiary/aromatic N) is 2. The van der Waals surface area contributed by atoms with E-state index in [4.69, 9.17) is 16.3 Å². The van der Waals surface area contributed by atoms with E-state index in [1.54, 1.807) is 12.1 Å². The highest BCUT2D eigenvalue weighted by Crippen LogP contribution is 2.31. The van der Waals surface area contributed by atoms with Crippen molar-refractivity contribution >= 4 is 38.9 Å². The molecular formula is C15H21ClN2O4S2. The number of morpholine rings is 1. The van der Waals surface area contributed by atoms with Crippen molar-refractivity contribution in [3.8, 4) is 0 Å². The first-order valence-electron chi connectivity index (χ1n) is 8.08. The van der Waals surface area contributed by atoms with Gasteiger partial charge in [0.1, 0.15) is 4.21 Å². The fourth-order valence-electron chi connectivity index (χ4n) is 3.11. The first kappa shape index (κ1) is 18.1. The molecule has 9 heteroatoms. The van der Waals surface area contributed by atoms with Gasteiger partial charge >= 0.3 is 0 Å². The number of sulfonamides is 1. The molecule has 0 spiro atoms. The van der Waals surface area contributed by atoms with E-state index in [9.17, 15) is 13.2 Å². The summed E-state index contributed by atoms with van der Waals surface area (Å²) in [6.07, 6.45) is 1.93. The number of thiophene rings is 1. The Kier molecular flexibility index (Phi) is 5.82. The molecule has 0 N–H and O–H groups in total. The van der Waals surface area contributed by atoms with Gasteiger partial charge in [-0.15, -0.1) is 11.3 Å². The van der Waals surface area contributed by atoms with Crippen LogP contribution in [-0.4, -0.2) is 62.9 Å². The quantitative estimate of drug-likeness (QED) is 0.786. The van der Waals surface area contributed by atoms with Crippen LogP contribution in [0.25, 0.3) is 0 Å². The molecule has 134 valence electrons. The van der Waals surface area contributed by atoms with Gasteiger partial charge in [0.2, 0.25) is 5.91 Å². The summed E-state index contributed by atoms with van der Waals surface area (Å²) in [6.45, 7) is 3.44. The van der Waals surface area contributed by atoms with Crippen LogP contribution in [0.1, 0.15) is 19.3 Å². The highest BCUT2D eigenvalue weighted by molar-refractivity contribution is 7.91. The largest absolute Gasteiger partial charge is 0.378 e. The summed E-state index contributed by atoms with van der Waals surface area (Å²) in [5, 5.41) is 0. The van der Waals surface area contributed by atoms with E-state index in [1.165, 1.54) is 4.31 Å². The topological polar surface area (TPSA) is 66.9 Å². The number of hydrogen-bond donors (Lipinski definition) is 0. The molecule has 2 aliphatic rings. The van der Waals surface area contributed by atoms with Gasteiger partial charge in [0.15, 0.2) is 0 Å². The van der Waals surface area contributed by atoms with Crippen LogP contribution >= 0.6 is 22.9 Å². The van der Waals surface area contributed by atoms with Crippen molar-refractivity contribution in [2.75, 3.05) is 39.4 Å². The predicted molar refractivity (Wildman–Crippen MR) is 92.8 cm³/mol. The zero-order valence-electron chi connectivity index (χ0n) is 13.3. The lowest BCUT2D eigenvalue weighted by molar-refractivity contribution is -0.136. The summed E-state index contributed by atoms with van der Waals surface area (Å²) >= 11 is 6.93. The summed E-state index contributed by atoms with van der Waals surface area (Å²) in [4.78, 5) is 14.1. The number of ether oxygens (including phenoxy) is 1. The normalized spacial score (nSPS) is 21.1. The lowest BCUT2D eigenvalue weighted by atomic mass is 9.94. The predicted octanol–water partition coefficient (Wildman–Crippen LogP) is 2.05. The molecule has 0 aromatic carbocycles. The molecule has 0 radical (unpaired) electrons. The van der Waals surface area contributed by atoms with Gasteiger partial charge in [-0.2, -0.15) is 4.31 Å². The molecule has 3 rings (SSSR count). The molecule has 0 bridgehead atoms. The molecule has 0 unspecified atom stereocenters. The van der Waals surface area contributed by atoms with Crippen LogP contribution < -0.4 is 0 Å². The molecule has 24 heavy (non-hydrogen) atoms. The van der Waals surface area contributed by atoms with E-state index in [0.717, 1.165) is 11.3 Å². The summed E-state index contributed by atoms with van der Waals surface area (Å²) in [5.41, 5.74) is 0. The number of halogens is 1. The Morgan fingerprint density at radius 3 is 2.46 bits per heavy atom. The Bertz CT molecular complexity index is 677. The van der Waals surface area contributed by atoms with Gasteiger partial charge in [-0.25, -0.2) is 8.42 Å². The van der Waals surface area contributed by atoms with Crippen LogP contribution in [-0.2, 0) is 19.6 Å². The van der Waals surface area contributed by atoms with Gasteiger partial charge in [0, 0.05) is 32.6 Å². The first-order chi connectivity index (χ1) is 11.5. The standard InChI is InChI=1S/C15H21ClN2O4S2/c16-13-1-2-15(23-13)24(20,21)18-5-3-12(4-6-18)11-14(19)17-7-9-22-10-8-17/h1-2,12H,3-11H2. The summed E-state index contributed by atoms with van der Waals surface area (Å²) in [7, 11) is -3.46. The highest BCUT2D eigenvalue weighted by atomic mass is 35.5. The van der Waals surface area contributed by atoms with Gasteiger partial charge in [-0.05, 0) is 30.9 Å². The third-order valence-corrected chi connectivity index (χ3v) is 8.14. The first-order valence-corrected chi connectivity index (χ1v) is 10.7. The van der Waals surface area contributed by atoms with Crippen LogP contribution in [0.5, 0.6) is 0 Å². The van der Waals surface area contributed by atoms with Crippen molar-refractivity contribution in [1.82, 2.24) is 9.21 Å². The van der Waals surface area contributed by atoms with Crippen molar-refractivity contribution in [2.24, 2.45) is 5.92 Å². The van der Waals surface area contributed by atoms with E-state index in [1.807, 2.05) is 4.90 Å². The fraction of sp³-hybridized carbons (Fsp3) is 0.667. The van der Waals surface area contributed by atoms with E-state index in [-0.39, 0.29) is 16.0 Å². The summed E-state index contributed by atoms with van der Waals surface area (Å²) in [6, 6.07) is 3.16. The van der Waals surface area contributed by atoms with Gasteiger partial charge in [0.25, 0.3) is 10.0 Å². The molecule has 0 saturated carbocycles. The molecule has 1 aromatic rings. The number of carbonyl (C=O) groups excluding carboxylic acids is 1. The maximum absolute atomic E-state index is 12.6. The molecule has 2 aliphatic heterocycles. The lowest BCUT2D eigenvalue weighted by Crippen LogP contribution is -2.43. The van der Waals surface area contributed by atoms with E-state index >= 15 is 0 Å². The van der Waals surface area contributed by atoms with Crippen LogP contribution in [0.2, 0.25) is 4.34 Å². The molecule has 2 fully saturated rings. The van der Waals surface area contributed by atoms with Crippen molar-refractivity contribution in [3.05, 3.63) is 16.5 Å². The van der Waals surface area contributed by atoms with Crippen LogP contribution in [0, 0.1) is 5.92 Å². The SMILES string of the molecule is O=C(CC1CCN(S(=O)(=O)c2ccc(Cl)s2)CC1)N1CCOCC1. The minimum atomic E-state index is -3.46. The van der Waals surface area contributed by atoms with Gasteiger partial charge in [-0.3, -0.25) is 4.79 Å². The minimum Gasteiger partial charge on any atom is -0.378 e. The second-order valence-corrected chi connectivity index (χ2v) is 9.98. The van der Waals surface area contributed by atoms with E-state index in [0.29, 0.717) is 63.0 Å².